The molecule has 3 N–H and O–H groups in total. The van der Waals surface area contributed by atoms with Crippen LogP contribution in [0.4, 0.5) is 0 Å². The van der Waals surface area contributed by atoms with Gasteiger partial charge in [-0.05, 0) is 24.6 Å². The van der Waals surface area contributed by atoms with E-state index in [1.54, 1.807) is 19.1 Å². The number of primary sulfonamides is 1. The van der Waals surface area contributed by atoms with Gasteiger partial charge in [-0.2, -0.15) is 0 Å². The van der Waals surface area contributed by atoms with E-state index in [9.17, 15) is 13.2 Å². The van der Waals surface area contributed by atoms with Crippen LogP contribution in [0.2, 0.25) is 0 Å². The van der Waals surface area contributed by atoms with Crippen LogP contribution >= 0.6 is 0 Å². The van der Waals surface area contributed by atoms with Crippen molar-refractivity contribution < 1.29 is 17.7 Å². The fourth-order valence-corrected chi connectivity index (χ4v) is 2.19. The maximum Gasteiger partial charge on any atom is 0.290 e. The summed E-state index contributed by atoms with van der Waals surface area (Å²) in [5, 5.41) is 11.2. The summed E-state index contributed by atoms with van der Waals surface area (Å²) < 4.78 is 27.3. The minimum Gasteiger partial charge on any atom is -0.351 e. The molecule has 20 heavy (non-hydrogen) atoms. The van der Waals surface area contributed by atoms with Gasteiger partial charge in [-0.25, -0.2) is 13.6 Å². The third kappa shape index (κ3) is 3.22. The smallest absolute Gasteiger partial charge is 0.290 e. The number of carbonyl (C=O) groups excluding carboxylic acids is 1. The number of sulfonamides is 1. The Bertz CT molecular complexity index is 737. The van der Waals surface area contributed by atoms with Gasteiger partial charge in [0.2, 0.25) is 15.8 Å². The molecule has 1 aromatic heterocycles. The summed E-state index contributed by atoms with van der Waals surface area (Å²) in [6, 6.07) is 6.03. The van der Waals surface area contributed by atoms with E-state index in [0.717, 1.165) is 0 Å². The molecule has 1 amide bonds. The maximum atomic E-state index is 11.8. The molecule has 0 saturated carbocycles. The Labute approximate surface area is 115 Å². The summed E-state index contributed by atoms with van der Waals surface area (Å²) in [6.45, 7) is 1.86. The van der Waals surface area contributed by atoms with E-state index >= 15 is 0 Å². The van der Waals surface area contributed by atoms with E-state index in [4.69, 9.17) is 9.66 Å². The Kier molecular flexibility index (Phi) is 3.86. The van der Waals surface area contributed by atoms with Crippen molar-refractivity contribution in [2.45, 2.75) is 18.4 Å². The molecule has 1 heterocycles. The van der Waals surface area contributed by atoms with Crippen molar-refractivity contribution in [1.29, 1.82) is 0 Å². The van der Waals surface area contributed by atoms with Gasteiger partial charge in [0, 0.05) is 12.1 Å². The second-order valence-corrected chi connectivity index (χ2v) is 5.77. The predicted octanol–water partition coefficient (Wildman–Crippen LogP) is 0.560. The lowest BCUT2D eigenvalue weighted by Crippen LogP contribution is -2.23. The molecule has 0 bridgehead atoms. The monoisotopic (exact) mass is 295 g/mol. The van der Waals surface area contributed by atoms with Crippen LogP contribution in [0.25, 0.3) is 0 Å². The first kappa shape index (κ1) is 14.2. The highest BCUT2D eigenvalue weighted by Crippen LogP contribution is 2.10. The van der Waals surface area contributed by atoms with E-state index in [-0.39, 0.29) is 17.2 Å². The molecule has 0 aliphatic rings. The first-order valence-electron chi connectivity index (χ1n) is 5.69. The van der Waals surface area contributed by atoms with Gasteiger partial charge in [-0.3, -0.25) is 4.79 Å². The molecular formula is C12H13N3O4S. The highest BCUT2D eigenvalue weighted by molar-refractivity contribution is 7.89. The first-order chi connectivity index (χ1) is 9.38. The number of nitrogens with zero attached hydrogens (tertiary/aromatic N) is 1. The number of carbonyl (C=O) groups is 1. The molecule has 0 unspecified atom stereocenters. The Hall–Kier alpha value is -2.19. The van der Waals surface area contributed by atoms with Crippen molar-refractivity contribution >= 4 is 15.9 Å². The Morgan fingerprint density at radius 2 is 2.20 bits per heavy atom. The maximum absolute atomic E-state index is 11.8. The zero-order chi connectivity index (χ0) is 14.8. The van der Waals surface area contributed by atoms with Crippen LogP contribution in [0.1, 0.15) is 21.7 Å². The summed E-state index contributed by atoms with van der Waals surface area (Å²) in [4.78, 5) is 11.8. The number of rotatable bonds is 4. The van der Waals surface area contributed by atoms with E-state index in [0.29, 0.717) is 11.1 Å². The van der Waals surface area contributed by atoms with Crippen LogP contribution in [0.15, 0.2) is 39.9 Å². The largest absolute Gasteiger partial charge is 0.351 e. The zero-order valence-electron chi connectivity index (χ0n) is 10.7. The van der Waals surface area contributed by atoms with Crippen LogP contribution in [0.5, 0.6) is 0 Å². The Balaban J connectivity index is 2.09. The van der Waals surface area contributed by atoms with Gasteiger partial charge in [0.05, 0.1) is 11.1 Å². The molecule has 0 aliphatic heterocycles. The average molecular weight is 295 g/mol. The van der Waals surface area contributed by atoms with Gasteiger partial charge >= 0.3 is 0 Å². The van der Waals surface area contributed by atoms with Gasteiger partial charge < -0.3 is 9.84 Å². The van der Waals surface area contributed by atoms with Gasteiger partial charge in [0.15, 0.2) is 0 Å². The Morgan fingerprint density at radius 3 is 2.80 bits per heavy atom. The normalized spacial score (nSPS) is 11.3. The van der Waals surface area contributed by atoms with E-state index in [1.807, 2.05) is 0 Å². The average Bonchev–Trinajstić information content (AvgIpc) is 2.82. The first-order valence-corrected chi connectivity index (χ1v) is 7.24. The van der Waals surface area contributed by atoms with E-state index < -0.39 is 15.9 Å². The molecule has 0 radical (unpaired) electrons. The lowest BCUT2D eigenvalue weighted by molar-refractivity contribution is 0.0913. The van der Waals surface area contributed by atoms with Crippen LogP contribution < -0.4 is 10.5 Å². The van der Waals surface area contributed by atoms with Gasteiger partial charge in [0.1, 0.15) is 0 Å². The molecule has 2 rings (SSSR count). The minimum absolute atomic E-state index is 0.0000878. The summed E-state index contributed by atoms with van der Waals surface area (Å²) >= 11 is 0. The highest BCUT2D eigenvalue weighted by Gasteiger charge is 2.14. The molecule has 0 aliphatic carbocycles. The standard InChI is InChI=1S/C12H13N3O4S/c1-8-6-15-19-11(8)12(16)14-7-9-3-2-4-10(5-9)20(13,17)18/h2-6H,7H2,1H3,(H,14,16)(H2,13,17,18). The van der Waals surface area contributed by atoms with Crippen LogP contribution in [0.3, 0.4) is 0 Å². The Morgan fingerprint density at radius 1 is 1.45 bits per heavy atom. The van der Waals surface area contributed by atoms with Crippen molar-refractivity contribution in [1.82, 2.24) is 10.5 Å². The topological polar surface area (TPSA) is 115 Å². The third-order valence-electron chi connectivity index (χ3n) is 2.63. The van der Waals surface area contributed by atoms with Crippen molar-refractivity contribution in [2.24, 2.45) is 5.14 Å². The quantitative estimate of drug-likeness (QED) is 0.855. The predicted molar refractivity (Wildman–Crippen MR) is 70.2 cm³/mol. The number of benzene rings is 1. The van der Waals surface area contributed by atoms with E-state index in [2.05, 4.69) is 10.5 Å². The van der Waals surface area contributed by atoms with Gasteiger partial charge in [-0.15, -0.1) is 0 Å². The van der Waals surface area contributed by atoms with E-state index in [1.165, 1.54) is 18.3 Å². The molecule has 2 aromatic rings. The minimum atomic E-state index is -3.76. The molecule has 8 heteroatoms. The second kappa shape index (κ2) is 5.43. The molecule has 0 atom stereocenters. The molecule has 0 fully saturated rings. The SMILES string of the molecule is Cc1cnoc1C(=O)NCc1cccc(S(N)(=O)=O)c1. The fraction of sp³-hybridized carbons (Fsp3) is 0.167. The fourth-order valence-electron chi connectivity index (χ4n) is 1.60. The summed E-state index contributed by atoms with van der Waals surface area (Å²) in [6.07, 6.45) is 1.44. The number of nitrogens with one attached hydrogen (secondary N) is 1. The number of aryl methyl sites for hydroxylation is 1. The molecule has 0 spiro atoms. The lowest BCUT2D eigenvalue weighted by atomic mass is 10.2. The summed E-state index contributed by atoms with van der Waals surface area (Å²) in [5.74, 6) is -0.284. The second-order valence-electron chi connectivity index (χ2n) is 4.21. The lowest BCUT2D eigenvalue weighted by Gasteiger charge is -2.05. The van der Waals surface area contributed by atoms with Crippen molar-refractivity contribution in [3.05, 3.63) is 47.3 Å². The van der Waals surface area contributed by atoms with Crippen molar-refractivity contribution in [3.63, 3.8) is 0 Å². The molecule has 7 nitrogen and oxygen atoms in total. The van der Waals surface area contributed by atoms with Crippen LogP contribution in [-0.4, -0.2) is 19.5 Å². The zero-order valence-corrected chi connectivity index (χ0v) is 11.5. The van der Waals surface area contributed by atoms with Gasteiger partial charge in [0.25, 0.3) is 5.91 Å². The van der Waals surface area contributed by atoms with Crippen LogP contribution in [0, 0.1) is 6.92 Å². The van der Waals surface area contributed by atoms with Crippen molar-refractivity contribution in [3.8, 4) is 0 Å². The number of hydrogen-bond acceptors (Lipinski definition) is 5. The molecule has 0 saturated heterocycles. The number of nitrogens with two attached hydrogens (primary N) is 1. The summed E-state index contributed by atoms with van der Waals surface area (Å²) in [7, 11) is -3.76. The van der Waals surface area contributed by atoms with Gasteiger partial charge in [-0.1, -0.05) is 17.3 Å². The molecule has 106 valence electrons. The number of amides is 1. The number of hydrogen-bond donors (Lipinski definition) is 2. The molecule has 1 aromatic carbocycles. The highest BCUT2D eigenvalue weighted by atomic mass is 32.2. The summed E-state index contributed by atoms with van der Waals surface area (Å²) in [5.41, 5.74) is 1.24. The number of aromatic nitrogens is 1. The van der Waals surface area contributed by atoms with Crippen LogP contribution in [-0.2, 0) is 16.6 Å². The molecular weight excluding hydrogens is 282 g/mol. The van der Waals surface area contributed by atoms with Crippen molar-refractivity contribution in [2.75, 3.05) is 0 Å². The third-order valence-corrected chi connectivity index (χ3v) is 3.55.